The van der Waals surface area contributed by atoms with E-state index in [0.717, 1.165) is 70.6 Å². The number of esters is 3. The van der Waals surface area contributed by atoms with Crippen LogP contribution in [0.3, 0.4) is 0 Å². The third kappa shape index (κ3) is 41.2. The van der Waals surface area contributed by atoms with Crippen LogP contribution in [0.2, 0.25) is 0 Å². The minimum atomic E-state index is -0.764. The molecule has 53 heavy (non-hydrogen) atoms. The Bertz CT molecular complexity index is 824. The lowest BCUT2D eigenvalue weighted by atomic mass is 10.0. The Kier molecular flexibility index (Phi) is 41.4. The van der Waals surface area contributed by atoms with Crippen LogP contribution >= 0.6 is 0 Å². The molecular weight excluding hydrogens is 661 g/mol. The van der Waals surface area contributed by atoms with E-state index >= 15 is 0 Å². The van der Waals surface area contributed by atoms with E-state index in [1.807, 2.05) is 0 Å². The molecule has 0 radical (unpaired) electrons. The van der Waals surface area contributed by atoms with Gasteiger partial charge in [-0.3, -0.25) is 14.4 Å². The second-order valence-corrected chi connectivity index (χ2v) is 15.7. The summed E-state index contributed by atoms with van der Waals surface area (Å²) in [6, 6.07) is 0. The van der Waals surface area contributed by atoms with Crippen molar-refractivity contribution < 1.29 is 28.6 Å². The van der Waals surface area contributed by atoms with Crippen LogP contribution in [-0.4, -0.2) is 37.2 Å². The largest absolute Gasteiger partial charge is 0.462 e. The van der Waals surface area contributed by atoms with E-state index < -0.39 is 6.10 Å². The van der Waals surface area contributed by atoms with Gasteiger partial charge in [-0.05, 0) is 44.9 Å². The van der Waals surface area contributed by atoms with Crippen molar-refractivity contribution in [2.24, 2.45) is 0 Å². The standard InChI is InChI=1S/C47H88O6/c1-4-7-10-13-15-17-19-21-22-23-24-26-27-29-31-34-37-40-46(49)52-43-44(42-51-45(48)39-36-33-12-9-6-3)53-47(50)41-38-35-32-30-28-25-20-18-16-14-11-8-5-2/h18,20,44H,4-17,19,21-43H2,1-3H3/b20-18-. The average Bonchev–Trinajstić information content (AvgIpc) is 3.15. The minimum Gasteiger partial charge on any atom is -0.462 e. The molecule has 0 amide bonds. The molecule has 6 nitrogen and oxygen atoms in total. The molecule has 1 atom stereocenters. The average molecular weight is 749 g/mol. The highest BCUT2D eigenvalue weighted by atomic mass is 16.6. The van der Waals surface area contributed by atoms with E-state index in [2.05, 4.69) is 32.9 Å². The van der Waals surface area contributed by atoms with Crippen LogP contribution in [-0.2, 0) is 28.6 Å². The fourth-order valence-corrected chi connectivity index (χ4v) is 6.73. The third-order valence-electron chi connectivity index (χ3n) is 10.3. The highest BCUT2D eigenvalue weighted by molar-refractivity contribution is 5.71. The van der Waals surface area contributed by atoms with Gasteiger partial charge in [0, 0.05) is 19.3 Å². The van der Waals surface area contributed by atoms with Gasteiger partial charge in [-0.2, -0.15) is 0 Å². The molecule has 0 aromatic rings. The number of allylic oxidation sites excluding steroid dienone is 2. The van der Waals surface area contributed by atoms with E-state index in [4.69, 9.17) is 14.2 Å². The molecule has 0 aromatic carbocycles. The van der Waals surface area contributed by atoms with E-state index in [0.29, 0.717) is 19.3 Å². The number of hydrogen-bond donors (Lipinski definition) is 0. The van der Waals surface area contributed by atoms with Crippen LogP contribution in [0, 0.1) is 0 Å². The van der Waals surface area contributed by atoms with Crippen molar-refractivity contribution in [3.8, 4) is 0 Å². The van der Waals surface area contributed by atoms with Crippen LogP contribution in [0.15, 0.2) is 12.2 Å². The third-order valence-corrected chi connectivity index (χ3v) is 10.3. The van der Waals surface area contributed by atoms with Gasteiger partial charge in [-0.25, -0.2) is 0 Å². The maximum atomic E-state index is 12.7. The summed E-state index contributed by atoms with van der Waals surface area (Å²) >= 11 is 0. The van der Waals surface area contributed by atoms with E-state index in [9.17, 15) is 14.4 Å². The van der Waals surface area contributed by atoms with Crippen molar-refractivity contribution in [3.05, 3.63) is 12.2 Å². The molecule has 0 aromatic heterocycles. The Morgan fingerprint density at radius 2 is 0.623 bits per heavy atom. The van der Waals surface area contributed by atoms with Crippen LogP contribution in [0.4, 0.5) is 0 Å². The van der Waals surface area contributed by atoms with E-state index in [1.165, 1.54) is 141 Å². The Hall–Kier alpha value is -1.85. The van der Waals surface area contributed by atoms with Gasteiger partial charge in [0.15, 0.2) is 6.10 Å². The van der Waals surface area contributed by atoms with Gasteiger partial charge in [-0.1, -0.05) is 200 Å². The highest BCUT2D eigenvalue weighted by Crippen LogP contribution is 2.15. The smallest absolute Gasteiger partial charge is 0.306 e. The van der Waals surface area contributed by atoms with Gasteiger partial charge < -0.3 is 14.2 Å². The molecule has 0 heterocycles. The Balaban J connectivity index is 4.17. The van der Waals surface area contributed by atoms with E-state index in [-0.39, 0.29) is 31.1 Å². The summed E-state index contributed by atoms with van der Waals surface area (Å²) in [4.78, 5) is 37.5. The predicted octanol–water partition coefficient (Wildman–Crippen LogP) is 14.6. The lowest BCUT2D eigenvalue weighted by Crippen LogP contribution is -2.30. The lowest BCUT2D eigenvalue weighted by molar-refractivity contribution is -0.167. The Morgan fingerprint density at radius 1 is 0.358 bits per heavy atom. The number of rotatable bonds is 42. The molecule has 0 spiro atoms. The lowest BCUT2D eigenvalue weighted by Gasteiger charge is -2.18. The molecule has 0 aliphatic rings. The maximum absolute atomic E-state index is 12.7. The van der Waals surface area contributed by atoms with Crippen LogP contribution in [0.5, 0.6) is 0 Å². The first-order valence-electron chi connectivity index (χ1n) is 23.2. The van der Waals surface area contributed by atoms with Crippen LogP contribution in [0.25, 0.3) is 0 Å². The predicted molar refractivity (Wildman–Crippen MR) is 224 cm³/mol. The maximum Gasteiger partial charge on any atom is 0.306 e. The van der Waals surface area contributed by atoms with Gasteiger partial charge in [0.1, 0.15) is 13.2 Å². The summed E-state index contributed by atoms with van der Waals surface area (Å²) in [5.41, 5.74) is 0. The fourth-order valence-electron chi connectivity index (χ4n) is 6.73. The summed E-state index contributed by atoms with van der Waals surface area (Å²) in [5, 5.41) is 0. The molecule has 312 valence electrons. The molecule has 0 aliphatic heterocycles. The molecule has 0 saturated carbocycles. The molecule has 0 fully saturated rings. The first kappa shape index (κ1) is 51.1. The quantitative estimate of drug-likeness (QED) is 0.0268. The number of ether oxygens (including phenoxy) is 3. The first-order chi connectivity index (χ1) is 26.0. The van der Waals surface area contributed by atoms with Crippen molar-refractivity contribution in [2.75, 3.05) is 13.2 Å². The molecule has 0 saturated heterocycles. The first-order valence-corrected chi connectivity index (χ1v) is 23.2. The topological polar surface area (TPSA) is 78.9 Å². The van der Waals surface area contributed by atoms with Crippen molar-refractivity contribution in [1.29, 1.82) is 0 Å². The van der Waals surface area contributed by atoms with Crippen LogP contribution < -0.4 is 0 Å². The molecule has 0 N–H and O–H groups in total. The Labute approximate surface area is 329 Å². The SMILES string of the molecule is CCCCCC/C=C\CCCCCCCC(=O)OC(COC(=O)CCCCCCC)COC(=O)CCCCCCCCCCCCCCCCCCC. The van der Waals surface area contributed by atoms with Gasteiger partial charge >= 0.3 is 17.9 Å². The summed E-state index contributed by atoms with van der Waals surface area (Å²) in [5.74, 6) is -0.884. The van der Waals surface area contributed by atoms with Crippen molar-refractivity contribution in [2.45, 2.75) is 258 Å². The monoisotopic (exact) mass is 749 g/mol. The summed E-state index contributed by atoms with van der Waals surface area (Å²) in [7, 11) is 0. The van der Waals surface area contributed by atoms with Crippen molar-refractivity contribution in [1.82, 2.24) is 0 Å². The summed E-state index contributed by atoms with van der Waals surface area (Å²) in [6.07, 6.45) is 45.1. The zero-order valence-corrected chi connectivity index (χ0v) is 35.6. The second-order valence-electron chi connectivity index (χ2n) is 15.7. The molecule has 6 heteroatoms. The van der Waals surface area contributed by atoms with E-state index in [1.54, 1.807) is 0 Å². The number of carbonyl (C=O) groups excluding carboxylic acids is 3. The Morgan fingerprint density at radius 3 is 0.962 bits per heavy atom. The number of carbonyl (C=O) groups is 3. The minimum absolute atomic E-state index is 0.0700. The van der Waals surface area contributed by atoms with Crippen molar-refractivity contribution >= 4 is 17.9 Å². The van der Waals surface area contributed by atoms with Gasteiger partial charge in [0.2, 0.25) is 0 Å². The van der Waals surface area contributed by atoms with Gasteiger partial charge in [-0.15, -0.1) is 0 Å². The number of hydrogen-bond acceptors (Lipinski definition) is 6. The number of unbranched alkanes of at least 4 members (excludes halogenated alkanes) is 29. The zero-order chi connectivity index (χ0) is 38.7. The highest BCUT2D eigenvalue weighted by Gasteiger charge is 2.19. The molecular formula is C47H88O6. The molecule has 1 unspecified atom stereocenters. The van der Waals surface area contributed by atoms with Crippen LogP contribution in [0.1, 0.15) is 252 Å². The summed E-state index contributed by atoms with van der Waals surface area (Å²) < 4.78 is 16.6. The van der Waals surface area contributed by atoms with Gasteiger partial charge in [0.25, 0.3) is 0 Å². The van der Waals surface area contributed by atoms with Gasteiger partial charge in [0.05, 0.1) is 0 Å². The molecule has 0 rings (SSSR count). The summed E-state index contributed by atoms with van der Waals surface area (Å²) in [6.45, 7) is 6.55. The second kappa shape index (κ2) is 42.9. The molecule has 0 aliphatic carbocycles. The normalized spacial score (nSPS) is 12.0. The molecule has 0 bridgehead atoms. The van der Waals surface area contributed by atoms with Crippen molar-refractivity contribution in [3.63, 3.8) is 0 Å². The zero-order valence-electron chi connectivity index (χ0n) is 35.6. The fraction of sp³-hybridized carbons (Fsp3) is 0.894.